The molecule has 3 aromatic carbocycles. The Morgan fingerprint density at radius 2 is 1.58 bits per heavy atom. The summed E-state index contributed by atoms with van der Waals surface area (Å²) < 4.78 is 0. The summed E-state index contributed by atoms with van der Waals surface area (Å²) in [4.78, 5) is 23.4. The van der Waals surface area contributed by atoms with E-state index in [0.29, 0.717) is 17.9 Å². The second-order valence-corrected chi connectivity index (χ2v) is 8.04. The molecule has 0 radical (unpaired) electrons. The molecule has 0 N–H and O–H groups in total. The van der Waals surface area contributed by atoms with Crippen LogP contribution in [-0.4, -0.2) is 47.3 Å². The van der Waals surface area contributed by atoms with Crippen LogP contribution in [0.25, 0.3) is 0 Å². The first-order valence-electron chi connectivity index (χ1n) is 10.7. The molecule has 156 valence electrons. The Morgan fingerprint density at radius 3 is 2.35 bits per heavy atom. The van der Waals surface area contributed by atoms with Crippen LogP contribution in [0.15, 0.2) is 90.1 Å². The van der Waals surface area contributed by atoms with E-state index in [-0.39, 0.29) is 12.0 Å². The lowest BCUT2D eigenvalue weighted by atomic mass is 9.99. The molecule has 0 saturated heterocycles. The first kappa shape index (κ1) is 19.5. The maximum Gasteiger partial charge on any atom is 0.259 e. The standard InChI is InChI=1S/C26H25N3O2/c30-26(22-12-5-2-6-13-22)29-19-24(31-27-25(29)21-10-3-1-4-11-21)18-28-16-15-20-9-7-8-14-23(20)17-28/h1-14,24H,15-19H2. The number of amides is 1. The van der Waals surface area contributed by atoms with Gasteiger partial charge < -0.3 is 4.84 Å². The maximum atomic E-state index is 13.4. The molecular weight excluding hydrogens is 386 g/mol. The third kappa shape index (κ3) is 4.23. The van der Waals surface area contributed by atoms with Crippen molar-refractivity contribution in [2.75, 3.05) is 19.6 Å². The van der Waals surface area contributed by atoms with Crippen LogP contribution in [0.3, 0.4) is 0 Å². The van der Waals surface area contributed by atoms with Crippen molar-refractivity contribution in [2.24, 2.45) is 5.16 Å². The van der Waals surface area contributed by atoms with Crippen molar-refractivity contribution in [3.8, 4) is 0 Å². The Bertz CT molecular complexity index is 1080. The largest absolute Gasteiger partial charge is 0.387 e. The molecule has 5 nitrogen and oxygen atoms in total. The zero-order chi connectivity index (χ0) is 21.0. The van der Waals surface area contributed by atoms with Crippen molar-refractivity contribution in [1.29, 1.82) is 0 Å². The van der Waals surface area contributed by atoms with Crippen LogP contribution in [0, 0.1) is 0 Å². The van der Waals surface area contributed by atoms with Crippen LogP contribution in [0.4, 0.5) is 0 Å². The second-order valence-electron chi connectivity index (χ2n) is 8.04. The van der Waals surface area contributed by atoms with Gasteiger partial charge in [-0.1, -0.05) is 78.0 Å². The maximum absolute atomic E-state index is 13.4. The number of oxime groups is 1. The summed E-state index contributed by atoms with van der Waals surface area (Å²) in [6.45, 7) is 3.09. The molecule has 3 aromatic rings. The highest BCUT2D eigenvalue weighted by atomic mass is 16.6. The Morgan fingerprint density at radius 1 is 0.903 bits per heavy atom. The minimum Gasteiger partial charge on any atom is -0.387 e. The zero-order valence-electron chi connectivity index (χ0n) is 17.4. The molecule has 1 unspecified atom stereocenters. The van der Waals surface area contributed by atoms with Crippen LogP contribution in [0.1, 0.15) is 27.0 Å². The normalized spacial score (nSPS) is 18.6. The number of amidine groups is 1. The number of benzene rings is 3. The van der Waals surface area contributed by atoms with Gasteiger partial charge in [-0.15, -0.1) is 0 Å². The monoisotopic (exact) mass is 411 g/mol. The van der Waals surface area contributed by atoms with Crippen molar-refractivity contribution >= 4 is 11.7 Å². The molecule has 1 atom stereocenters. The Labute approximate surface area is 182 Å². The number of nitrogens with zero attached hydrogens (tertiary/aromatic N) is 3. The highest BCUT2D eigenvalue weighted by Gasteiger charge is 2.32. The van der Waals surface area contributed by atoms with Gasteiger partial charge in [0.15, 0.2) is 11.9 Å². The van der Waals surface area contributed by atoms with Gasteiger partial charge in [0.2, 0.25) is 0 Å². The average Bonchev–Trinajstić information content (AvgIpc) is 2.84. The van der Waals surface area contributed by atoms with Gasteiger partial charge in [0.05, 0.1) is 6.54 Å². The van der Waals surface area contributed by atoms with Crippen LogP contribution in [-0.2, 0) is 17.8 Å². The fourth-order valence-electron chi connectivity index (χ4n) is 4.30. The Balaban J connectivity index is 1.37. The summed E-state index contributed by atoms with van der Waals surface area (Å²) in [6.07, 6.45) is 0.860. The van der Waals surface area contributed by atoms with Crippen LogP contribution in [0.2, 0.25) is 0 Å². The van der Waals surface area contributed by atoms with E-state index in [0.717, 1.165) is 31.6 Å². The molecule has 0 fully saturated rings. The highest BCUT2D eigenvalue weighted by molar-refractivity contribution is 6.12. The van der Waals surface area contributed by atoms with E-state index in [1.54, 1.807) is 4.90 Å². The number of hydrogen-bond donors (Lipinski definition) is 0. The molecular formula is C26H25N3O2. The van der Waals surface area contributed by atoms with Gasteiger partial charge in [-0.3, -0.25) is 14.6 Å². The number of hydrogen-bond acceptors (Lipinski definition) is 4. The van der Waals surface area contributed by atoms with Gasteiger partial charge in [-0.2, -0.15) is 0 Å². The summed E-state index contributed by atoms with van der Waals surface area (Å²) in [6, 6.07) is 27.7. The fraction of sp³-hybridized carbons (Fsp3) is 0.231. The lowest BCUT2D eigenvalue weighted by molar-refractivity contribution is -0.00173. The first-order chi connectivity index (χ1) is 15.3. The van der Waals surface area contributed by atoms with Crippen molar-refractivity contribution in [3.63, 3.8) is 0 Å². The SMILES string of the molecule is O=C(c1ccccc1)N1CC(CN2CCc3ccccc3C2)ON=C1c1ccccc1. The van der Waals surface area contributed by atoms with E-state index in [9.17, 15) is 4.79 Å². The fourth-order valence-corrected chi connectivity index (χ4v) is 4.30. The van der Waals surface area contributed by atoms with Crippen molar-refractivity contribution in [3.05, 3.63) is 107 Å². The molecule has 5 rings (SSSR count). The molecule has 0 saturated carbocycles. The van der Waals surface area contributed by atoms with E-state index in [1.165, 1.54) is 11.1 Å². The van der Waals surface area contributed by atoms with Crippen molar-refractivity contribution in [2.45, 2.75) is 19.1 Å². The molecule has 2 heterocycles. The van der Waals surface area contributed by atoms with Gasteiger partial charge >= 0.3 is 0 Å². The molecule has 0 bridgehead atoms. The van der Waals surface area contributed by atoms with Gasteiger partial charge in [0.25, 0.3) is 5.91 Å². The molecule has 1 amide bonds. The number of carbonyl (C=O) groups excluding carboxylic acids is 1. The van der Waals surface area contributed by atoms with E-state index in [2.05, 4.69) is 34.3 Å². The second kappa shape index (κ2) is 8.74. The first-order valence-corrected chi connectivity index (χ1v) is 10.7. The van der Waals surface area contributed by atoms with Crippen LogP contribution < -0.4 is 0 Å². The topological polar surface area (TPSA) is 45.1 Å². The predicted molar refractivity (Wildman–Crippen MR) is 121 cm³/mol. The van der Waals surface area contributed by atoms with E-state index in [1.807, 2.05) is 60.7 Å². The minimum absolute atomic E-state index is 0.0551. The summed E-state index contributed by atoms with van der Waals surface area (Å²) in [5.41, 5.74) is 4.32. The average molecular weight is 412 g/mol. The Hall–Kier alpha value is -3.44. The third-order valence-corrected chi connectivity index (χ3v) is 5.90. The molecule has 0 spiro atoms. The third-order valence-electron chi connectivity index (χ3n) is 5.90. The van der Waals surface area contributed by atoms with Crippen molar-refractivity contribution < 1.29 is 9.63 Å². The smallest absolute Gasteiger partial charge is 0.259 e. The quantitative estimate of drug-likeness (QED) is 0.653. The van der Waals surface area contributed by atoms with Crippen molar-refractivity contribution in [1.82, 2.24) is 9.80 Å². The molecule has 2 aliphatic heterocycles. The van der Waals surface area contributed by atoms with Crippen LogP contribution >= 0.6 is 0 Å². The van der Waals surface area contributed by atoms with Gasteiger partial charge in [0, 0.05) is 30.8 Å². The summed E-state index contributed by atoms with van der Waals surface area (Å²) >= 11 is 0. The highest BCUT2D eigenvalue weighted by Crippen LogP contribution is 2.22. The van der Waals surface area contributed by atoms with Crippen LogP contribution in [0.5, 0.6) is 0 Å². The molecule has 0 aromatic heterocycles. The molecule has 31 heavy (non-hydrogen) atoms. The predicted octanol–water partition coefficient (Wildman–Crippen LogP) is 3.95. The molecule has 0 aliphatic carbocycles. The van der Waals surface area contributed by atoms with Gasteiger partial charge in [-0.05, 0) is 29.7 Å². The van der Waals surface area contributed by atoms with E-state index >= 15 is 0 Å². The summed E-state index contributed by atoms with van der Waals surface area (Å²) in [5.74, 6) is 0.509. The number of fused-ring (bicyclic) bond motifs is 1. The number of carbonyl (C=O) groups is 1. The Kier molecular flexibility index (Phi) is 5.50. The van der Waals surface area contributed by atoms with E-state index < -0.39 is 0 Å². The molecule has 5 heteroatoms. The minimum atomic E-state index is -0.176. The number of rotatable bonds is 4. The summed E-state index contributed by atoms with van der Waals surface area (Å²) in [7, 11) is 0. The zero-order valence-corrected chi connectivity index (χ0v) is 17.4. The van der Waals surface area contributed by atoms with Gasteiger partial charge in [-0.25, -0.2) is 0 Å². The molecule has 2 aliphatic rings. The van der Waals surface area contributed by atoms with E-state index in [4.69, 9.17) is 4.84 Å². The van der Waals surface area contributed by atoms with Gasteiger partial charge in [0.1, 0.15) is 0 Å². The lowest BCUT2D eigenvalue weighted by Crippen LogP contribution is -2.50. The lowest BCUT2D eigenvalue weighted by Gasteiger charge is -2.36. The summed E-state index contributed by atoms with van der Waals surface area (Å²) in [5, 5.41) is 4.41.